The summed E-state index contributed by atoms with van der Waals surface area (Å²) < 4.78 is 41.1. The molecule has 1 unspecified atom stereocenters. The second-order valence-electron chi connectivity index (χ2n) is 5.17. The predicted molar refractivity (Wildman–Crippen MR) is 71.3 cm³/mol. The summed E-state index contributed by atoms with van der Waals surface area (Å²) in [5, 5.41) is 9.07. The Bertz CT molecular complexity index is 527. The molecular weight excluding hydrogens is 270 g/mol. The van der Waals surface area contributed by atoms with E-state index in [0.29, 0.717) is 0 Å². The van der Waals surface area contributed by atoms with Crippen LogP contribution in [0.5, 0.6) is 0 Å². The molecule has 7 heteroatoms. The highest BCUT2D eigenvalue weighted by Crippen LogP contribution is 2.42. The molecule has 1 aromatic heterocycles. The molecule has 0 saturated carbocycles. The van der Waals surface area contributed by atoms with Crippen molar-refractivity contribution in [3.05, 3.63) is 28.2 Å². The molecule has 3 atom stereocenters. The van der Waals surface area contributed by atoms with Crippen molar-refractivity contribution in [2.75, 3.05) is 6.61 Å². The smallest absolute Gasteiger partial charge is 0.395 e. The fourth-order valence-electron chi connectivity index (χ4n) is 2.19. The largest absolute Gasteiger partial charge is 0.396 e. The minimum atomic E-state index is -4.54. The van der Waals surface area contributed by atoms with E-state index in [9.17, 15) is 18.0 Å². The zero-order chi connectivity index (χ0) is 15.7. The third-order valence-corrected chi connectivity index (χ3v) is 3.69. The molecule has 0 aromatic carbocycles. The van der Waals surface area contributed by atoms with Gasteiger partial charge < -0.3 is 9.67 Å². The third-order valence-electron chi connectivity index (χ3n) is 3.69. The average molecular weight is 287 g/mol. The molecule has 20 heavy (non-hydrogen) atoms. The van der Waals surface area contributed by atoms with Crippen molar-refractivity contribution < 1.29 is 18.3 Å². The van der Waals surface area contributed by atoms with Crippen LogP contribution in [-0.4, -0.2) is 30.3 Å². The van der Waals surface area contributed by atoms with E-state index in [-0.39, 0.29) is 17.6 Å². The van der Waals surface area contributed by atoms with Crippen LogP contribution in [0.15, 0.2) is 17.1 Å². The number of rotatable bonds is 4. The van der Waals surface area contributed by atoms with Crippen LogP contribution in [0.2, 0.25) is 0 Å². The standard InChI is InChI=1S/C13H17BF3NO2/c1-7(6-19)8(2)12(13(15,16)17)9-4-11(20)18(3)5-10(9)14/h4-5,7-8,12,19H,6H2,1-3H3/t7?,8-,12+/m0/s1. The Morgan fingerprint density at radius 3 is 2.40 bits per heavy atom. The Labute approximate surface area is 116 Å². The first-order valence-electron chi connectivity index (χ1n) is 6.23. The van der Waals surface area contributed by atoms with Gasteiger partial charge in [0.05, 0.1) is 5.92 Å². The van der Waals surface area contributed by atoms with E-state index in [1.807, 2.05) is 0 Å². The summed E-state index contributed by atoms with van der Waals surface area (Å²) in [5.41, 5.74) is -0.855. The van der Waals surface area contributed by atoms with Crippen LogP contribution >= 0.6 is 0 Å². The van der Waals surface area contributed by atoms with Crippen molar-refractivity contribution in [3.8, 4) is 0 Å². The average Bonchev–Trinajstić information content (AvgIpc) is 2.33. The molecule has 1 heterocycles. The number of nitrogens with zero attached hydrogens (tertiary/aromatic N) is 1. The lowest BCUT2D eigenvalue weighted by molar-refractivity contribution is -0.165. The quantitative estimate of drug-likeness (QED) is 0.842. The maximum absolute atomic E-state index is 13.3. The zero-order valence-electron chi connectivity index (χ0n) is 11.6. The van der Waals surface area contributed by atoms with Gasteiger partial charge in [-0.3, -0.25) is 4.79 Å². The first kappa shape index (κ1) is 16.8. The highest BCUT2D eigenvalue weighted by Gasteiger charge is 2.46. The van der Waals surface area contributed by atoms with Crippen LogP contribution in [0.1, 0.15) is 25.3 Å². The van der Waals surface area contributed by atoms with Crippen molar-refractivity contribution in [2.24, 2.45) is 18.9 Å². The summed E-state index contributed by atoms with van der Waals surface area (Å²) >= 11 is 0. The minimum absolute atomic E-state index is 0.0774. The molecule has 0 spiro atoms. The van der Waals surface area contributed by atoms with Gasteiger partial charge in [0, 0.05) is 19.7 Å². The molecule has 0 aliphatic rings. The third kappa shape index (κ3) is 3.45. The summed E-state index contributed by atoms with van der Waals surface area (Å²) in [5.74, 6) is -3.34. The molecule has 2 radical (unpaired) electrons. The molecule has 0 saturated heterocycles. The maximum atomic E-state index is 13.3. The van der Waals surface area contributed by atoms with E-state index in [1.165, 1.54) is 27.1 Å². The van der Waals surface area contributed by atoms with Gasteiger partial charge in [-0.2, -0.15) is 13.2 Å². The van der Waals surface area contributed by atoms with E-state index in [4.69, 9.17) is 13.0 Å². The molecule has 1 aromatic rings. The molecule has 110 valence electrons. The summed E-state index contributed by atoms with van der Waals surface area (Å²) in [4.78, 5) is 11.6. The maximum Gasteiger partial charge on any atom is 0.395 e. The van der Waals surface area contributed by atoms with Gasteiger partial charge in [-0.05, 0) is 23.6 Å². The molecule has 0 aliphatic heterocycles. The number of hydrogen-bond donors (Lipinski definition) is 1. The predicted octanol–water partition coefficient (Wildman–Crippen LogP) is 1.09. The van der Waals surface area contributed by atoms with Gasteiger partial charge in [0.15, 0.2) is 0 Å². The van der Waals surface area contributed by atoms with Crippen molar-refractivity contribution in [1.82, 2.24) is 4.57 Å². The number of aliphatic hydroxyl groups excluding tert-OH is 1. The Kier molecular flexibility index (Phi) is 5.07. The van der Waals surface area contributed by atoms with E-state index in [2.05, 4.69) is 0 Å². The van der Waals surface area contributed by atoms with Crippen LogP contribution in [0.25, 0.3) is 0 Å². The number of aromatic nitrogens is 1. The van der Waals surface area contributed by atoms with Gasteiger partial charge >= 0.3 is 6.18 Å². The zero-order valence-corrected chi connectivity index (χ0v) is 11.6. The number of aliphatic hydroxyl groups is 1. The summed E-state index contributed by atoms with van der Waals surface area (Å²) in [6, 6.07) is 0.925. The van der Waals surface area contributed by atoms with E-state index < -0.39 is 29.5 Å². The molecule has 3 nitrogen and oxygen atoms in total. The molecule has 0 amide bonds. The highest BCUT2D eigenvalue weighted by molar-refractivity contribution is 6.33. The van der Waals surface area contributed by atoms with Crippen LogP contribution in [0, 0.1) is 11.8 Å². The van der Waals surface area contributed by atoms with Gasteiger partial charge in [0.1, 0.15) is 7.85 Å². The monoisotopic (exact) mass is 287 g/mol. The van der Waals surface area contributed by atoms with Gasteiger partial charge in [0.25, 0.3) is 0 Å². The first-order chi connectivity index (χ1) is 9.09. The van der Waals surface area contributed by atoms with Crippen LogP contribution < -0.4 is 11.0 Å². The van der Waals surface area contributed by atoms with Crippen molar-refractivity contribution in [1.29, 1.82) is 0 Å². The molecule has 0 bridgehead atoms. The minimum Gasteiger partial charge on any atom is -0.396 e. The van der Waals surface area contributed by atoms with Crippen molar-refractivity contribution >= 4 is 13.3 Å². The number of halogens is 3. The van der Waals surface area contributed by atoms with E-state index in [0.717, 1.165) is 10.6 Å². The molecule has 1 rings (SSSR count). The Balaban J connectivity index is 3.40. The lowest BCUT2D eigenvalue weighted by atomic mass is 9.75. The second kappa shape index (κ2) is 6.03. The van der Waals surface area contributed by atoms with Crippen molar-refractivity contribution in [2.45, 2.75) is 25.9 Å². The van der Waals surface area contributed by atoms with Crippen LogP contribution in [-0.2, 0) is 7.05 Å². The Hall–Kier alpha value is -1.24. The lowest BCUT2D eigenvalue weighted by Gasteiger charge is -2.31. The first-order valence-corrected chi connectivity index (χ1v) is 6.23. The Morgan fingerprint density at radius 2 is 1.95 bits per heavy atom. The van der Waals surface area contributed by atoms with Gasteiger partial charge in [-0.15, -0.1) is 0 Å². The summed E-state index contributed by atoms with van der Waals surface area (Å²) in [6.45, 7) is 2.56. The summed E-state index contributed by atoms with van der Waals surface area (Å²) in [7, 11) is 7.07. The topological polar surface area (TPSA) is 42.2 Å². The lowest BCUT2D eigenvalue weighted by Crippen LogP contribution is -2.37. The van der Waals surface area contributed by atoms with Crippen LogP contribution in [0.4, 0.5) is 13.2 Å². The van der Waals surface area contributed by atoms with E-state index >= 15 is 0 Å². The number of aryl methyl sites for hydroxylation is 1. The summed E-state index contributed by atoms with van der Waals surface area (Å²) in [6.07, 6.45) is -3.35. The fraction of sp³-hybridized carbons (Fsp3) is 0.615. The fourth-order valence-corrected chi connectivity index (χ4v) is 2.19. The van der Waals surface area contributed by atoms with Gasteiger partial charge in [-0.1, -0.05) is 19.3 Å². The number of hydrogen-bond acceptors (Lipinski definition) is 2. The van der Waals surface area contributed by atoms with Crippen molar-refractivity contribution in [3.63, 3.8) is 0 Å². The molecule has 1 N–H and O–H groups in total. The van der Waals surface area contributed by atoms with Crippen LogP contribution in [0.3, 0.4) is 0 Å². The Morgan fingerprint density at radius 1 is 1.40 bits per heavy atom. The van der Waals surface area contributed by atoms with Gasteiger partial charge in [-0.25, -0.2) is 0 Å². The number of alkyl halides is 3. The van der Waals surface area contributed by atoms with E-state index in [1.54, 1.807) is 0 Å². The second-order valence-corrected chi connectivity index (χ2v) is 5.17. The molecule has 0 fully saturated rings. The van der Waals surface area contributed by atoms with Gasteiger partial charge in [0.2, 0.25) is 5.56 Å². The molecule has 0 aliphatic carbocycles. The number of pyridine rings is 1. The SMILES string of the molecule is [B]c1cn(C)c(=O)cc1[C@@H]([C@@H](C)C(C)CO)C(F)(F)F. The molecular formula is C13H17BF3NO2. The normalized spacial score (nSPS) is 16.8. The highest BCUT2D eigenvalue weighted by atomic mass is 19.4.